The van der Waals surface area contributed by atoms with Crippen LogP contribution in [0.2, 0.25) is 0 Å². The molecule has 1 aliphatic rings. The molecule has 1 aromatic heterocycles. The Hall–Kier alpha value is -2.36. The van der Waals surface area contributed by atoms with Crippen LogP contribution in [0.1, 0.15) is 31.4 Å². The van der Waals surface area contributed by atoms with Crippen LogP contribution >= 0.6 is 0 Å². The van der Waals surface area contributed by atoms with Gasteiger partial charge in [-0.1, -0.05) is 32.0 Å². The van der Waals surface area contributed by atoms with Crippen molar-refractivity contribution in [2.75, 3.05) is 6.54 Å². The first-order chi connectivity index (χ1) is 11.6. The predicted octanol–water partition coefficient (Wildman–Crippen LogP) is 3.52. The van der Waals surface area contributed by atoms with E-state index in [9.17, 15) is 4.79 Å². The number of hydrogen-bond donors (Lipinski definition) is 1. The summed E-state index contributed by atoms with van der Waals surface area (Å²) in [6, 6.07) is 10.2. The van der Waals surface area contributed by atoms with Crippen LogP contribution in [0.5, 0.6) is 5.75 Å². The van der Waals surface area contributed by atoms with E-state index in [2.05, 4.69) is 29.4 Å². The van der Waals surface area contributed by atoms with Crippen LogP contribution in [0, 0.1) is 12.8 Å². The van der Waals surface area contributed by atoms with Crippen molar-refractivity contribution in [1.29, 1.82) is 0 Å². The molecule has 1 aliphatic heterocycles. The van der Waals surface area contributed by atoms with Crippen LogP contribution in [-0.4, -0.2) is 23.5 Å². The summed E-state index contributed by atoms with van der Waals surface area (Å²) in [5.41, 5.74) is 4.29. The van der Waals surface area contributed by atoms with Crippen molar-refractivity contribution in [2.45, 2.75) is 39.7 Å². The van der Waals surface area contributed by atoms with Crippen molar-refractivity contribution < 1.29 is 9.53 Å². The van der Waals surface area contributed by atoms with Gasteiger partial charge in [0.25, 0.3) is 0 Å². The van der Waals surface area contributed by atoms with E-state index in [0.29, 0.717) is 6.54 Å². The van der Waals surface area contributed by atoms with E-state index >= 15 is 0 Å². The lowest BCUT2D eigenvalue weighted by atomic mass is 10.0. The van der Waals surface area contributed by atoms with Gasteiger partial charge in [0.05, 0.1) is 12.2 Å². The lowest BCUT2D eigenvalue weighted by molar-refractivity contribution is -0.124. The largest absolute Gasteiger partial charge is 0.487 e. The second-order valence-electron chi connectivity index (χ2n) is 6.46. The number of fused-ring (bicyclic) bond motifs is 1. The molecule has 1 amide bonds. The fraction of sp³-hybridized carbons (Fsp3) is 0.400. The van der Waals surface area contributed by atoms with Gasteiger partial charge in [-0.25, -0.2) is 0 Å². The molecule has 0 bridgehead atoms. The summed E-state index contributed by atoms with van der Waals surface area (Å²) < 4.78 is 6.16. The molecule has 0 saturated carbocycles. The minimum atomic E-state index is -0.0156. The molecule has 3 rings (SSSR count). The van der Waals surface area contributed by atoms with E-state index in [1.165, 1.54) is 5.56 Å². The number of benzene rings is 1. The van der Waals surface area contributed by atoms with Crippen molar-refractivity contribution >= 4 is 5.91 Å². The Kier molecular flexibility index (Phi) is 4.84. The molecule has 1 N–H and O–H groups in total. The maximum Gasteiger partial charge on any atom is 0.222 e. The number of nitrogens with one attached hydrogen (secondary N) is 1. The minimum absolute atomic E-state index is 0.0156. The van der Waals surface area contributed by atoms with Crippen molar-refractivity contribution in [3.63, 3.8) is 0 Å². The molecule has 126 valence electrons. The Balaban J connectivity index is 1.75. The normalized spacial score (nSPS) is 17.0. The molecule has 0 spiro atoms. The summed E-state index contributed by atoms with van der Waals surface area (Å²) in [7, 11) is 0. The zero-order valence-corrected chi connectivity index (χ0v) is 14.5. The molecule has 2 heterocycles. The molecular weight excluding hydrogens is 300 g/mol. The second-order valence-corrected chi connectivity index (χ2v) is 6.46. The number of hydrogen-bond acceptors (Lipinski definition) is 3. The number of amides is 1. The van der Waals surface area contributed by atoms with Gasteiger partial charge in [0.1, 0.15) is 11.9 Å². The number of nitrogens with zero attached hydrogens (tertiary/aromatic N) is 1. The van der Waals surface area contributed by atoms with E-state index in [1.54, 1.807) is 6.20 Å². The van der Waals surface area contributed by atoms with Gasteiger partial charge in [0.2, 0.25) is 5.91 Å². The van der Waals surface area contributed by atoms with Gasteiger partial charge in [-0.15, -0.1) is 0 Å². The summed E-state index contributed by atoms with van der Waals surface area (Å²) in [6.07, 6.45) is 3.45. The SMILES string of the molecule is CCC(C)C(=O)NCC1Cc2cccc(-c3ncccc3C)c2O1. The average molecular weight is 324 g/mol. The Labute approximate surface area is 143 Å². The third-order valence-corrected chi connectivity index (χ3v) is 4.66. The summed E-state index contributed by atoms with van der Waals surface area (Å²) in [6.45, 7) is 6.56. The fourth-order valence-corrected chi connectivity index (χ4v) is 2.98. The standard InChI is InChI=1S/C20H24N2O2/c1-4-13(2)20(23)22-12-16-11-15-8-5-9-17(19(15)24-16)18-14(3)7-6-10-21-18/h5-10,13,16H,4,11-12H2,1-3H3,(H,22,23). The molecule has 0 aliphatic carbocycles. The smallest absolute Gasteiger partial charge is 0.222 e. The van der Waals surface area contributed by atoms with E-state index in [4.69, 9.17) is 4.74 Å². The molecule has 4 nitrogen and oxygen atoms in total. The zero-order chi connectivity index (χ0) is 17.1. The molecule has 0 saturated heterocycles. The summed E-state index contributed by atoms with van der Waals surface area (Å²) in [5, 5.41) is 3.00. The Morgan fingerprint density at radius 3 is 2.96 bits per heavy atom. The van der Waals surface area contributed by atoms with E-state index in [1.807, 2.05) is 32.0 Å². The summed E-state index contributed by atoms with van der Waals surface area (Å²) in [4.78, 5) is 16.5. The number of ether oxygens (including phenoxy) is 1. The Morgan fingerprint density at radius 2 is 2.21 bits per heavy atom. The lowest BCUT2D eigenvalue weighted by Crippen LogP contribution is -2.37. The highest BCUT2D eigenvalue weighted by atomic mass is 16.5. The second kappa shape index (κ2) is 7.04. The van der Waals surface area contributed by atoms with E-state index in [0.717, 1.165) is 35.4 Å². The van der Waals surface area contributed by atoms with Crippen molar-refractivity contribution in [2.24, 2.45) is 5.92 Å². The highest BCUT2D eigenvalue weighted by Gasteiger charge is 2.27. The summed E-state index contributed by atoms with van der Waals surface area (Å²) >= 11 is 0. The highest BCUT2D eigenvalue weighted by molar-refractivity contribution is 5.78. The molecule has 1 aromatic carbocycles. The summed E-state index contributed by atoms with van der Waals surface area (Å²) in [5.74, 6) is 1.04. The predicted molar refractivity (Wildman–Crippen MR) is 95.0 cm³/mol. The third-order valence-electron chi connectivity index (χ3n) is 4.66. The minimum Gasteiger partial charge on any atom is -0.487 e. The fourth-order valence-electron chi connectivity index (χ4n) is 2.98. The number of rotatable bonds is 5. The van der Waals surface area contributed by atoms with Gasteiger partial charge in [0.15, 0.2) is 0 Å². The maximum atomic E-state index is 12.0. The van der Waals surface area contributed by atoms with Crippen LogP contribution in [0.25, 0.3) is 11.3 Å². The number of para-hydroxylation sites is 1. The molecule has 2 unspecified atom stereocenters. The van der Waals surface area contributed by atoms with Gasteiger partial charge < -0.3 is 10.1 Å². The van der Waals surface area contributed by atoms with Gasteiger partial charge in [0, 0.05) is 24.1 Å². The van der Waals surface area contributed by atoms with Gasteiger partial charge in [-0.3, -0.25) is 9.78 Å². The first-order valence-corrected chi connectivity index (χ1v) is 8.58. The van der Waals surface area contributed by atoms with E-state index in [-0.39, 0.29) is 17.9 Å². The van der Waals surface area contributed by atoms with E-state index < -0.39 is 0 Å². The number of aryl methyl sites for hydroxylation is 1. The molecule has 2 atom stereocenters. The quantitative estimate of drug-likeness (QED) is 0.915. The number of carbonyl (C=O) groups is 1. The Morgan fingerprint density at radius 1 is 1.38 bits per heavy atom. The molecule has 2 aromatic rings. The number of pyridine rings is 1. The highest BCUT2D eigenvalue weighted by Crippen LogP contribution is 2.38. The topological polar surface area (TPSA) is 51.2 Å². The van der Waals surface area contributed by atoms with Crippen molar-refractivity contribution in [3.8, 4) is 17.0 Å². The zero-order valence-electron chi connectivity index (χ0n) is 14.5. The van der Waals surface area contributed by atoms with Crippen LogP contribution in [0.15, 0.2) is 36.5 Å². The van der Waals surface area contributed by atoms with Crippen LogP contribution < -0.4 is 10.1 Å². The monoisotopic (exact) mass is 324 g/mol. The van der Waals surface area contributed by atoms with Crippen LogP contribution in [-0.2, 0) is 11.2 Å². The molecule has 0 fully saturated rings. The van der Waals surface area contributed by atoms with Crippen molar-refractivity contribution in [3.05, 3.63) is 47.7 Å². The maximum absolute atomic E-state index is 12.0. The first-order valence-electron chi connectivity index (χ1n) is 8.58. The number of aromatic nitrogens is 1. The molecule has 0 radical (unpaired) electrons. The van der Waals surface area contributed by atoms with Gasteiger partial charge in [-0.05, 0) is 36.6 Å². The van der Waals surface area contributed by atoms with Gasteiger partial charge in [-0.2, -0.15) is 0 Å². The Bertz CT molecular complexity index is 742. The lowest BCUT2D eigenvalue weighted by Gasteiger charge is -2.15. The van der Waals surface area contributed by atoms with Crippen LogP contribution in [0.4, 0.5) is 0 Å². The van der Waals surface area contributed by atoms with Crippen molar-refractivity contribution in [1.82, 2.24) is 10.3 Å². The van der Waals surface area contributed by atoms with Crippen LogP contribution in [0.3, 0.4) is 0 Å². The molecule has 4 heteroatoms. The molecular formula is C20H24N2O2. The van der Waals surface area contributed by atoms with Gasteiger partial charge >= 0.3 is 0 Å². The third kappa shape index (κ3) is 3.28. The average Bonchev–Trinajstić information content (AvgIpc) is 3.02. The molecule has 24 heavy (non-hydrogen) atoms. The first kappa shape index (κ1) is 16.5. The number of carbonyl (C=O) groups excluding carboxylic acids is 1.